The van der Waals surface area contributed by atoms with Gasteiger partial charge in [-0.3, -0.25) is 9.59 Å². The fraction of sp³-hybridized carbons (Fsp3) is 0.560. The molecule has 0 aliphatic carbocycles. The Labute approximate surface area is 244 Å². The zero-order chi connectivity index (χ0) is 31.3. The molecule has 2 atom stereocenters. The molecule has 1 aromatic heterocycles. The minimum Gasteiger partial charge on any atom is -0.389 e. The molecule has 0 bridgehead atoms. The molecule has 0 saturated carbocycles. The van der Waals surface area contributed by atoms with Crippen LogP contribution < -0.4 is 5.32 Å². The number of alkyl halides is 7. The van der Waals surface area contributed by atoms with Gasteiger partial charge in [-0.25, -0.2) is 9.37 Å². The molecule has 1 fully saturated rings. The SMILES string of the molecule is C[C@H]1C[C@@H](F)CCN1C(=O)c1nc(C(=O)NCC(C)(C)O)sc1-c1ccc(C(C)(C(F)(F)F)C(F)(F)F)c(Cl)c1Cl. The molecule has 1 aliphatic rings. The largest absolute Gasteiger partial charge is 0.406 e. The zero-order valence-electron chi connectivity index (χ0n) is 22.1. The molecule has 0 unspecified atom stereocenters. The summed E-state index contributed by atoms with van der Waals surface area (Å²) in [6.45, 7) is 4.17. The Hall–Kier alpha value is -2.16. The molecule has 1 aliphatic heterocycles. The van der Waals surface area contributed by atoms with Gasteiger partial charge in [0.1, 0.15) is 11.9 Å². The van der Waals surface area contributed by atoms with Gasteiger partial charge in [-0.1, -0.05) is 35.3 Å². The fourth-order valence-corrected chi connectivity index (χ4v) is 5.92. The lowest BCUT2D eigenvalue weighted by atomic mass is 9.80. The summed E-state index contributed by atoms with van der Waals surface area (Å²) in [6, 6.07) is 0.789. The van der Waals surface area contributed by atoms with Gasteiger partial charge < -0.3 is 15.3 Å². The number of nitrogens with one attached hydrogen (secondary N) is 1. The lowest BCUT2D eigenvalue weighted by Gasteiger charge is -2.35. The summed E-state index contributed by atoms with van der Waals surface area (Å²) in [4.78, 5) is 31.6. The van der Waals surface area contributed by atoms with Crippen LogP contribution in [0, 0.1) is 0 Å². The third kappa shape index (κ3) is 6.60. The summed E-state index contributed by atoms with van der Waals surface area (Å²) in [5, 5.41) is 10.3. The van der Waals surface area contributed by atoms with Crippen molar-refractivity contribution >= 4 is 46.4 Å². The van der Waals surface area contributed by atoms with Gasteiger partial charge in [0.05, 0.1) is 20.5 Å². The number of carbonyl (C=O) groups is 2. The number of thiazole rings is 1. The van der Waals surface area contributed by atoms with Crippen molar-refractivity contribution in [1.82, 2.24) is 15.2 Å². The molecule has 16 heteroatoms. The molecule has 2 aromatic rings. The van der Waals surface area contributed by atoms with Gasteiger partial charge in [-0.2, -0.15) is 26.3 Å². The first-order valence-corrected chi connectivity index (χ1v) is 13.8. The van der Waals surface area contributed by atoms with E-state index in [4.69, 9.17) is 23.2 Å². The van der Waals surface area contributed by atoms with Crippen LogP contribution in [-0.2, 0) is 5.41 Å². The van der Waals surface area contributed by atoms with E-state index >= 15 is 0 Å². The Morgan fingerprint density at radius 3 is 2.20 bits per heavy atom. The average molecular weight is 652 g/mol. The first kappa shape index (κ1) is 33.3. The fourth-order valence-electron chi connectivity index (χ4n) is 4.25. The van der Waals surface area contributed by atoms with E-state index in [0.717, 1.165) is 6.07 Å². The molecule has 228 valence electrons. The van der Waals surface area contributed by atoms with Crippen molar-refractivity contribution in [2.75, 3.05) is 13.1 Å². The number of amides is 2. The van der Waals surface area contributed by atoms with Crippen LogP contribution in [0.2, 0.25) is 10.0 Å². The molecule has 2 amide bonds. The van der Waals surface area contributed by atoms with E-state index in [2.05, 4.69) is 10.3 Å². The average Bonchev–Trinajstić information content (AvgIpc) is 3.27. The second-order valence-electron chi connectivity index (χ2n) is 10.6. The number of nitrogens with zero attached hydrogens (tertiary/aromatic N) is 2. The van der Waals surface area contributed by atoms with Crippen molar-refractivity contribution in [3.05, 3.63) is 38.4 Å². The molecular weight excluding hydrogens is 626 g/mol. The summed E-state index contributed by atoms with van der Waals surface area (Å²) in [6.07, 6.45) is -12.7. The maximum absolute atomic E-state index is 13.9. The predicted octanol–water partition coefficient (Wildman–Crippen LogP) is 6.96. The van der Waals surface area contributed by atoms with Gasteiger partial charge in [-0.15, -0.1) is 11.3 Å². The van der Waals surface area contributed by atoms with E-state index in [-0.39, 0.29) is 54.0 Å². The first-order chi connectivity index (χ1) is 18.6. The van der Waals surface area contributed by atoms with Crippen molar-refractivity contribution in [2.24, 2.45) is 0 Å². The molecule has 1 aromatic carbocycles. The predicted molar refractivity (Wildman–Crippen MR) is 140 cm³/mol. The van der Waals surface area contributed by atoms with Crippen LogP contribution in [0.25, 0.3) is 10.4 Å². The normalized spacial score (nSPS) is 18.9. The number of piperidine rings is 1. The highest BCUT2D eigenvalue weighted by Crippen LogP contribution is 2.55. The van der Waals surface area contributed by atoms with Crippen molar-refractivity contribution in [2.45, 2.75) is 76.1 Å². The highest BCUT2D eigenvalue weighted by atomic mass is 35.5. The van der Waals surface area contributed by atoms with E-state index < -0.39 is 63.0 Å². The van der Waals surface area contributed by atoms with Crippen LogP contribution >= 0.6 is 34.5 Å². The standard InChI is InChI=1S/C25H26Cl2F7N3O3S/c1-11-9-12(28)7-8-37(11)21(39)17-18(41-20(36-17)19(38)35-10-22(2,3)40)13-5-6-14(16(27)15(13)26)23(4,24(29,30)31)25(32,33)34/h5-6,11-12,40H,7-10H2,1-4H3,(H,35,38)/t11-,12-/m0/s1. The summed E-state index contributed by atoms with van der Waals surface area (Å²) < 4.78 is 96.3. The summed E-state index contributed by atoms with van der Waals surface area (Å²) in [5.74, 6) is -1.56. The number of aromatic nitrogens is 1. The molecule has 0 spiro atoms. The van der Waals surface area contributed by atoms with Crippen LogP contribution in [0.4, 0.5) is 30.7 Å². The molecule has 1 saturated heterocycles. The number of hydrogen-bond donors (Lipinski definition) is 2. The minimum absolute atomic E-state index is 0.00130. The van der Waals surface area contributed by atoms with E-state index in [0.29, 0.717) is 17.4 Å². The van der Waals surface area contributed by atoms with Crippen molar-refractivity contribution in [3.63, 3.8) is 0 Å². The van der Waals surface area contributed by atoms with Crippen LogP contribution in [0.5, 0.6) is 0 Å². The van der Waals surface area contributed by atoms with Gasteiger partial charge in [0, 0.05) is 24.7 Å². The van der Waals surface area contributed by atoms with Gasteiger partial charge in [0.15, 0.2) is 10.4 Å². The number of benzene rings is 1. The number of rotatable bonds is 6. The van der Waals surface area contributed by atoms with Gasteiger partial charge in [0.2, 0.25) is 0 Å². The third-order valence-corrected chi connectivity index (χ3v) is 8.75. The number of carbonyl (C=O) groups excluding carboxylic acids is 2. The maximum atomic E-state index is 13.9. The Morgan fingerprint density at radius 1 is 1.10 bits per heavy atom. The number of hydrogen-bond acceptors (Lipinski definition) is 5. The van der Waals surface area contributed by atoms with E-state index in [1.165, 1.54) is 18.7 Å². The molecule has 0 radical (unpaired) electrons. The molecule has 2 N–H and O–H groups in total. The molecule has 2 heterocycles. The van der Waals surface area contributed by atoms with Gasteiger partial charge in [-0.05, 0) is 46.1 Å². The Morgan fingerprint density at radius 2 is 1.68 bits per heavy atom. The smallest absolute Gasteiger partial charge is 0.389 e. The van der Waals surface area contributed by atoms with Crippen LogP contribution in [-0.4, -0.2) is 70.1 Å². The molecule has 41 heavy (non-hydrogen) atoms. The van der Waals surface area contributed by atoms with Gasteiger partial charge >= 0.3 is 12.4 Å². The number of aliphatic hydroxyl groups is 1. The van der Waals surface area contributed by atoms with E-state index in [1.807, 2.05) is 0 Å². The molecule has 6 nitrogen and oxygen atoms in total. The van der Waals surface area contributed by atoms with Crippen LogP contribution in [0.3, 0.4) is 0 Å². The highest BCUT2D eigenvalue weighted by Gasteiger charge is 2.69. The summed E-state index contributed by atoms with van der Waals surface area (Å²) in [5.41, 5.74) is -7.64. The quantitative estimate of drug-likeness (QED) is 0.331. The summed E-state index contributed by atoms with van der Waals surface area (Å²) >= 11 is 12.9. The monoisotopic (exact) mass is 651 g/mol. The van der Waals surface area contributed by atoms with E-state index in [9.17, 15) is 45.4 Å². The maximum Gasteiger partial charge on any atom is 0.406 e. The number of likely N-dealkylation sites (tertiary alicyclic amines) is 1. The van der Waals surface area contributed by atoms with Crippen molar-refractivity contribution in [1.29, 1.82) is 0 Å². The lowest BCUT2D eigenvalue weighted by molar-refractivity contribution is -0.297. The van der Waals surface area contributed by atoms with Crippen molar-refractivity contribution < 1.29 is 45.4 Å². The summed E-state index contributed by atoms with van der Waals surface area (Å²) in [7, 11) is 0. The topological polar surface area (TPSA) is 82.5 Å². The van der Waals surface area contributed by atoms with Gasteiger partial charge in [0.25, 0.3) is 11.8 Å². The second-order valence-corrected chi connectivity index (χ2v) is 12.3. The Bertz CT molecular complexity index is 1310. The van der Waals surface area contributed by atoms with Crippen LogP contribution in [0.1, 0.15) is 66.4 Å². The first-order valence-electron chi connectivity index (χ1n) is 12.2. The lowest BCUT2D eigenvalue weighted by Crippen LogP contribution is -2.51. The third-order valence-electron chi connectivity index (χ3n) is 6.78. The Kier molecular flexibility index (Phi) is 9.35. The van der Waals surface area contributed by atoms with E-state index in [1.54, 1.807) is 6.92 Å². The minimum atomic E-state index is -5.80. The molecule has 3 rings (SSSR count). The van der Waals surface area contributed by atoms with Crippen LogP contribution in [0.15, 0.2) is 12.1 Å². The highest BCUT2D eigenvalue weighted by molar-refractivity contribution is 7.17. The molecular formula is C25H26Cl2F7N3O3S. The number of halogens is 9. The zero-order valence-corrected chi connectivity index (χ0v) is 24.4. The Balaban J connectivity index is 2.19. The second kappa shape index (κ2) is 11.5. The van der Waals surface area contributed by atoms with Crippen molar-refractivity contribution in [3.8, 4) is 10.4 Å².